The Hall–Kier alpha value is -20.0. The number of benzene rings is 18. The highest BCUT2D eigenvalue weighted by atomic mass is 16.3. The maximum Gasteiger partial charge on any atom is 0.146 e. The molecular formula is C135H81N9O3. The predicted octanol–water partition coefficient (Wildman–Crippen LogP) is 35.6. The van der Waals surface area contributed by atoms with Crippen molar-refractivity contribution in [3.8, 4) is 168 Å². The number of fused-ring (bicyclic) bond motifs is 21. The SMILES string of the molecule is c1ccc(-c2cc(-c3c4ccccc4c(-c4oc5ccccc5c5nc6ccccc6c4-5)c4ccccc34)cc(-c3ccccc3)n2)cc1.c1ccc2c3c(-c4c5ccccc5c(-c5cc(-c6ccncc6)cc(-c6ccncc6)c5)c5ccccc45)oc4ccccc4c-3nc2c1.c1cncc(-c2cc(-c3c4ccccc4c(-c4oc5ccccc5c5nc6ccccc6c4-5)c4ccccc34)cc(-c3cccnc3)n2)c1. The second-order valence-electron chi connectivity index (χ2n) is 37.1. The second-order valence-corrected chi connectivity index (χ2v) is 37.1. The van der Waals surface area contributed by atoms with Gasteiger partial charge in [-0.15, -0.1) is 0 Å². The van der Waals surface area contributed by atoms with Crippen LogP contribution >= 0.6 is 0 Å². The maximum atomic E-state index is 6.99. The van der Waals surface area contributed by atoms with E-state index in [9.17, 15) is 0 Å². The molecule has 12 heteroatoms. The molecule has 18 aromatic carbocycles. The lowest BCUT2D eigenvalue weighted by Crippen LogP contribution is -1.96. The second kappa shape index (κ2) is 35.7. The van der Waals surface area contributed by atoms with Crippen LogP contribution in [0.4, 0.5) is 0 Å². The highest BCUT2D eigenvalue weighted by Crippen LogP contribution is 2.56. The van der Waals surface area contributed by atoms with Gasteiger partial charge in [-0.25, -0.2) is 24.9 Å². The van der Waals surface area contributed by atoms with Gasteiger partial charge in [0.2, 0.25) is 0 Å². The quantitative estimate of drug-likeness (QED) is 0.107. The van der Waals surface area contributed by atoms with Gasteiger partial charge in [-0.3, -0.25) is 19.9 Å². The highest BCUT2D eigenvalue weighted by molar-refractivity contribution is 6.28. The summed E-state index contributed by atoms with van der Waals surface area (Å²) in [5, 5.41) is 19.9. The van der Waals surface area contributed by atoms with Crippen LogP contribution in [0.15, 0.2) is 506 Å². The Balaban J connectivity index is 0.000000107. The van der Waals surface area contributed by atoms with Crippen LogP contribution in [0, 0.1) is 0 Å². The summed E-state index contributed by atoms with van der Waals surface area (Å²) < 4.78 is 21.0. The minimum absolute atomic E-state index is 0.807. The van der Waals surface area contributed by atoms with E-state index in [0.29, 0.717) is 0 Å². The van der Waals surface area contributed by atoms with Crippen LogP contribution < -0.4 is 0 Å². The van der Waals surface area contributed by atoms with Crippen molar-refractivity contribution in [3.63, 3.8) is 0 Å². The summed E-state index contributed by atoms with van der Waals surface area (Å²) in [6.07, 6.45) is 14.7. The normalized spacial score (nSPS) is 11.7. The van der Waals surface area contributed by atoms with Gasteiger partial charge in [0.1, 0.15) is 34.0 Å². The summed E-state index contributed by atoms with van der Waals surface area (Å²) in [4.78, 5) is 43.2. The minimum Gasteiger partial charge on any atom is -0.455 e. The van der Waals surface area contributed by atoms with E-state index in [-0.39, 0.29) is 0 Å². The van der Waals surface area contributed by atoms with Crippen LogP contribution in [0.3, 0.4) is 0 Å². The molecule has 6 aliphatic rings. The van der Waals surface area contributed by atoms with Crippen LogP contribution in [0.25, 0.3) is 299 Å². The fourth-order valence-corrected chi connectivity index (χ4v) is 22.2. The molecule has 0 unspecified atom stereocenters. The van der Waals surface area contributed by atoms with E-state index in [1.807, 2.05) is 116 Å². The third-order valence-corrected chi connectivity index (χ3v) is 28.7. The van der Waals surface area contributed by atoms with Gasteiger partial charge in [-0.05, 0) is 266 Å². The van der Waals surface area contributed by atoms with Crippen molar-refractivity contribution in [3.05, 3.63) is 492 Å². The number of nitrogens with zero attached hydrogens (tertiary/aromatic N) is 9. The van der Waals surface area contributed by atoms with Gasteiger partial charge in [0.15, 0.2) is 0 Å². The fourth-order valence-electron chi connectivity index (χ4n) is 22.2. The molecule has 24 aromatic rings. The lowest BCUT2D eigenvalue weighted by molar-refractivity contribution is 0.623. The van der Waals surface area contributed by atoms with Crippen LogP contribution in [-0.4, -0.2) is 44.9 Å². The average molecular weight is 1880 g/mol. The molecule has 12 heterocycles. The molecule has 147 heavy (non-hydrogen) atoms. The monoisotopic (exact) mass is 1880 g/mol. The van der Waals surface area contributed by atoms with Crippen LogP contribution in [0.5, 0.6) is 0 Å². The van der Waals surface area contributed by atoms with Gasteiger partial charge in [-0.1, -0.05) is 297 Å². The molecule has 0 fully saturated rings. The molecule has 0 saturated carbocycles. The first-order chi connectivity index (χ1) is 72.9. The van der Waals surface area contributed by atoms with Crippen LogP contribution in [0.2, 0.25) is 0 Å². The molecule has 0 amide bonds. The number of aromatic nitrogens is 9. The summed E-state index contributed by atoms with van der Waals surface area (Å²) in [7, 11) is 0. The molecule has 0 saturated heterocycles. The lowest BCUT2D eigenvalue weighted by Gasteiger charge is -2.20. The van der Waals surface area contributed by atoms with E-state index in [0.717, 1.165) is 288 Å². The number of para-hydroxylation sites is 6. The van der Waals surface area contributed by atoms with E-state index in [2.05, 4.69) is 384 Å². The third kappa shape index (κ3) is 14.6. The molecule has 684 valence electrons. The van der Waals surface area contributed by atoms with Crippen molar-refractivity contribution in [1.29, 1.82) is 0 Å². The number of hydrogen-bond acceptors (Lipinski definition) is 12. The molecule has 0 spiro atoms. The van der Waals surface area contributed by atoms with Gasteiger partial charge < -0.3 is 13.3 Å². The zero-order valence-corrected chi connectivity index (χ0v) is 79.0. The number of hydrogen-bond donors (Lipinski definition) is 0. The van der Waals surface area contributed by atoms with E-state index < -0.39 is 0 Å². The molecule has 6 aromatic heterocycles. The molecule has 30 rings (SSSR count). The predicted molar refractivity (Wildman–Crippen MR) is 601 cm³/mol. The lowest BCUT2D eigenvalue weighted by atomic mass is 9.84. The molecule has 0 bridgehead atoms. The van der Waals surface area contributed by atoms with Gasteiger partial charge in [0, 0.05) is 121 Å². The smallest absolute Gasteiger partial charge is 0.146 e. The maximum absolute atomic E-state index is 6.99. The van der Waals surface area contributed by atoms with E-state index >= 15 is 0 Å². The zero-order chi connectivity index (χ0) is 96.9. The van der Waals surface area contributed by atoms with Crippen LogP contribution in [0.1, 0.15) is 0 Å². The fraction of sp³-hybridized carbons (Fsp3) is 0. The van der Waals surface area contributed by atoms with E-state index in [4.69, 9.17) is 38.2 Å². The van der Waals surface area contributed by atoms with Crippen molar-refractivity contribution >= 4 is 130 Å². The highest BCUT2D eigenvalue weighted by Gasteiger charge is 2.33. The zero-order valence-electron chi connectivity index (χ0n) is 79.0. The Morgan fingerprint density at radius 2 is 0.367 bits per heavy atom. The van der Waals surface area contributed by atoms with Gasteiger partial charge in [-0.2, -0.15) is 0 Å². The first kappa shape index (κ1) is 85.1. The number of pyridine rings is 6. The van der Waals surface area contributed by atoms with Crippen molar-refractivity contribution in [2.24, 2.45) is 0 Å². The van der Waals surface area contributed by atoms with E-state index in [1.54, 1.807) is 12.4 Å². The van der Waals surface area contributed by atoms with Crippen molar-refractivity contribution in [2.45, 2.75) is 0 Å². The first-order valence-corrected chi connectivity index (χ1v) is 49.3. The summed E-state index contributed by atoms with van der Waals surface area (Å²) in [5.74, 6) is 2.50. The summed E-state index contributed by atoms with van der Waals surface area (Å²) in [6, 6.07) is 155. The van der Waals surface area contributed by atoms with Crippen molar-refractivity contribution in [2.75, 3.05) is 0 Å². The molecule has 6 aliphatic heterocycles. The molecule has 12 nitrogen and oxygen atoms in total. The largest absolute Gasteiger partial charge is 0.455 e. The molecule has 0 atom stereocenters. The van der Waals surface area contributed by atoms with Crippen molar-refractivity contribution in [1.82, 2.24) is 44.9 Å². The van der Waals surface area contributed by atoms with Gasteiger partial charge >= 0.3 is 0 Å². The molecule has 0 aliphatic carbocycles. The average Bonchev–Trinajstić information content (AvgIpc) is 1.71. The Morgan fingerprint density at radius 1 is 0.136 bits per heavy atom. The molecule has 0 N–H and O–H groups in total. The van der Waals surface area contributed by atoms with Crippen molar-refractivity contribution < 1.29 is 13.3 Å². The molecule has 0 radical (unpaired) electrons. The summed E-state index contributed by atoms with van der Waals surface area (Å²) in [5.41, 5.74) is 33.5. The summed E-state index contributed by atoms with van der Waals surface area (Å²) >= 11 is 0. The Bertz CT molecular complexity index is 9050. The van der Waals surface area contributed by atoms with Gasteiger partial charge in [0.25, 0.3) is 0 Å². The Kier molecular flexibility index (Phi) is 20.6. The Labute approximate surface area is 843 Å². The minimum atomic E-state index is 0.807. The van der Waals surface area contributed by atoms with Crippen LogP contribution in [-0.2, 0) is 0 Å². The Morgan fingerprint density at radius 3 is 0.653 bits per heavy atom. The van der Waals surface area contributed by atoms with Gasteiger partial charge in [0.05, 0.1) is 73.1 Å². The first-order valence-electron chi connectivity index (χ1n) is 49.3. The number of rotatable bonds is 12. The third-order valence-electron chi connectivity index (χ3n) is 28.7. The summed E-state index contributed by atoms with van der Waals surface area (Å²) in [6.45, 7) is 0. The van der Waals surface area contributed by atoms with E-state index in [1.165, 1.54) is 11.1 Å². The standard InChI is InChI=1S/C46H28N2O.C45H27N3O.C44H26N4O/c1-3-15-29(16-4-1)39-27-31(28-40(47-39)30-17-5-2-6-18-30)42-32-19-7-9-21-34(32)43(35-22-10-8-20-33(35)42)46-44-36-23-11-13-25-38(36)48-45(44)37-24-12-14-26-41(37)49-46;1-3-11-35-33(9-1)41(32-26-30(28-17-21-46-22-18-28)25-31(27-32)29-19-23-47-24-20-29)34-10-2-4-12-36(34)42(35)45-43-37-13-5-7-15-39(37)48-44(43)38-14-6-8-16-40(38)49-45;1-3-15-32-30(13-1)40(29-23-37(27-11-9-21-45-25-27)47-38(24-29)28-12-10-22-46-26-28)31-14-2-4-16-33(31)41(32)44-42-34-17-5-7-19-36(34)48-43(42)35-18-6-8-20-39(35)49-44/h1-28H;1-27H;1-26H. The molecular weight excluding hydrogens is 1800 g/mol. The topological polar surface area (TPSA) is 155 Å².